The Bertz CT molecular complexity index is 545. The number of rotatable bonds is 3. The summed E-state index contributed by atoms with van der Waals surface area (Å²) in [7, 11) is 0. The zero-order valence-corrected chi connectivity index (χ0v) is 9.33. The normalized spacial score (nSPS) is 10.4. The van der Waals surface area contributed by atoms with E-state index in [2.05, 4.69) is 5.10 Å². The molecule has 0 aliphatic carbocycles. The molecule has 0 bridgehead atoms. The van der Waals surface area contributed by atoms with Gasteiger partial charge in [-0.2, -0.15) is 5.10 Å². The van der Waals surface area contributed by atoms with E-state index in [4.69, 9.17) is 5.73 Å². The molecule has 2 N–H and O–H groups in total. The molecule has 2 aromatic rings. The van der Waals surface area contributed by atoms with Gasteiger partial charge in [0.15, 0.2) is 0 Å². The molecule has 0 fully saturated rings. The fourth-order valence-corrected chi connectivity index (χ4v) is 1.68. The molecule has 6 heteroatoms. The maximum Gasteiger partial charge on any atom is 0.269 e. The molecule has 17 heavy (non-hydrogen) atoms. The molecule has 0 saturated heterocycles. The first-order valence-electron chi connectivity index (χ1n) is 5.20. The van der Waals surface area contributed by atoms with Gasteiger partial charge in [-0.3, -0.25) is 10.1 Å². The Hall–Kier alpha value is -2.37. The molecule has 0 radical (unpaired) electrons. The quantitative estimate of drug-likeness (QED) is 0.647. The lowest BCUT2D eigenvalue weighted by atomic mass is 10.2. The molecule has 6 nitrogen and oxygen atoms in total. The second kappa shape index (κ2) is 4.25. The third-order valence-corrected chi connectivity index (χ3v) is 2.54. The second-order valence-corrected chi connectivity index (χ2v) is 3.59. The van der Waals surface area contributed by atoms with Gasteiger partial charge < -0.3 is 5.73 Å². The molecule has 1 aromatic carbocycles. The van der Waals surface area contributed by atoms with Gasteiger partial charge in [-0.05, 0) is 18.6 Å². The first kappa shape index (κ1) is 11.1. The van der Waals surface area contributed by atoms with Gasteiger partial charge in [-0.25, -0.2) is 4.68 Å². The average molecular weight is 232 g/mol. The van der Waals surface area contributed by atoms with Crippen molar-refractivity contribution in [3.05, 3.63) is 46.3 Å². The summed E-state index contributed by atoms with van der Waals surface area (Å²) in [5.41, 5.74) is 8.14. The smallest absolute Gasteiger partial charge is 0.269 e. The fourth-order valence-electron chi connectivity index (χ4n) is 1.68. The van der Waals surface area contributed by atoms with E-state index in [1.54, 1.807) is 23.0 Å². The Morgan fingerprint density at radius 2 is 2.06 bits per heavy atom. The summed E-state index contributed by atoms with van der Waals surface area (Å²) in [6, 6.07) is 6.22. The van der Waals surface area contributed by atoms with E-state index in [0.29, 0.717) is 5.69 Å². The largest absolute Gasteiger partial charge is 0.396 e. The first-order chi connectivity index (χ1) is 8.13. The molecule has 0 amide bonds. The summed E-state index contributed by atoms with van der Waals surface area (Å²) >= 11 is 0. The molecule has 0 aliphatic rings. The van der Waals surface area contributed by atoms with Gasteiger partial charge >= 0.3 is 0 Å². The van der Waals surface area contributed by atoms with E-state index in [1.807, 2.05) is 6.92 Å². The molecule has 0 unspecified atom stereocenters. The van der Waals surface area contributed by atoms with Crippen molar-refractivity contribution in [3.63, 3.8) is 0 Å². The van der Waals surface area contributed by atoms with Crippen molar-refractivity contribution >= 4 is 11.4 Å². The molecule has 1 aromatic heterocycles. The van der Waals surface area contributed by atoms with Crippen LogP contribution in [0.3, 0.4) is 0 Å². The Balaban J connectivity index is 2.43. The van der Waals surface area contributed by atoms with E-state index in [0.717, 1.165) is 17.8 Å². The average Bonchev–Trinajstić information content (AvgIpc) is 2.70. The van der Waals surface area contributed by atoms with Crippen molar-refractivity contribution in [2.75, 3.05) is 5.73 Å². The molecule has 2 rings (SSSR count). The van der Waals surface area contributed by atoms with Crippen molar-refractivity contribution in [3.8, 4) is 5.69 Å². The number of nitro groups is 1. The summed E-state index contributed by atoms with van der Waals surface area (Å²) in [5, 5.41) is 14.7. The maximum absolute atomic E-state index is 10.5. The van der Waals surface area contributed by atoms with Crippen LogP contribution in [0.2, 0.25) is 0 Å². The topological polar surface area (TPSA) is 87.0 Å². The standard InChI is InChI=1S/C11H12N4O2/c1-2-11-10(12)7-13-14(11)8-3-5-9(6-4-8)15(16)17/h3-7H,2,12H2,1H3. The number of non-ortho nitro benzene ring substituents is 1. The van der Waals surface area contributed by atoms with Crippen molar-refractivity contribution < 1.29 is 4.92 Å². The van der Waals surface area contributed by atoms with E-state index >= 15 is 0 Å². The number of aromatic nitrogens is 2. The van der Waals surface area contributed by atoms with E-state index in [9.17, 15) is 10.1 Å². The zero-order chi connectivity index (χ0) is 12.4. The number of nitrogen functional groups attached to an aromatic ring is 1. The third kappa shape index (κ3) is 1.96. The predicted molar refractivity (Wildman–Crippen MR) is 64.0 cm³/mol. The van der Waals surface area contributed by atoms with Crippen LogP contribution in [0.4, 0.5) is 11.4 Å². The summed E-state index contributed by atoms with van der Waals surface area (Å²) < 4.78 is 1.69. The number of hydrogen-bond acceptors (Lipinski definition) is 4. The highest BCUT2D eigenvalue weighted by molar-refractivity contribution is 5.48. The van der Waals surface area contributed by atoms with Crippen molar-refractivity contribution in [2.24, 2.45) is 0 Å². The first-order valence-corrected chi connectivity index (χ1v) is 5.20. The number of nitrogens with two attached hydrogens (primary N) is 1. The van der Waals surface area contributed by atoms with Crippen LogP contribution >= 0.6 is 0 Å². The number of anilines is 1. The van der Waals surface area contributed by atoms with Gasteiger partial charge in [-0.15, -0.1) is 0 Å². The molecule has 88 valence electrons. The van der Waals surface area contributed by atoms with Crippen LogP contribution in [0.15, 0.2) is 30.5 Å². The van der Waals surface area contributed by atoms with Gasteiger partial charge in [0.05, 0.1) is 28.2 Å². The predicted octanol–water partition coefficient (Wildman–Crippen LogP) is 1.93. The van der Waals surface area contributed by atoms with Crippen LogP contribution in [0.1, 0.15) is 12.6 Å². The fraction of sp³-hybridized carbons (Fsp3) is 0.182. The Morgan fingerprint density at radius 1 is 1.41 bits per heavy atom. The third-order valence-electron chi connectivity index (χ3n) is 2.54. The summed E-state index contributed by atoms with van der Waals surface area (Å²) in [6.07, 6.45) is 2.34. The van der Waals surface area contributed by atoms with Crippen LogP contribution in [-0.2, 0) is 6.42 Å². The lowest BCUT2D eigenvalue weighted by Crippen LogP contribution is -2.02. The summed E-state index contributed by atoms with van der Waals surface area (Å²) in [6.45, 7) is 1.98. The summed E-state index contributed by atoms with van der Waals surface area (Å²) in [5.74, 6) is 0. The number of nitro benzene ring substituents is 1. The van der Waals surface area contributed by atoms with E-state index in [1.165, 1.54) is 12.1 Å². The Morgan fingerprint density at radius 3 is 2.59 bits per heavy atom. The van der Waals surface area contributed by atoms with Crippen molar-refractivity contribution in [1.29, 1.82) is 0 Å². The van der Waals surface area contributed by atoms with Crippen LogP contribution in [0, 0.1) is 10.1 Å². The zero-order valence-electron chi connectivity index (χ0n) is 9.33. The van der Waals surface area contributed by atoms with Crippen molar-refractivity contribution in [2.45, 2.75) is 13.3 Å². The molecular formula is C11H12N4O2. The van der Waals surface area contributed by atoms with E-state index < -0.39 is 4.92 Å². The summed E-state index contributed by atoms with van der Waals surface area (Å²) in [4.78, 5) is 10.1. The van der Waals surface area contributed by atoms with Gasteiger partial charge in [0.1, 0.15) is 0 Å². The number of nitrogens with zero attached hydrogens (tertiary/aromatic N) is 3. The Kier molecular flexibility index (Phi) is 2.78. The minimum Gasteiger partial charge on any atom is -0.396 e. The highest BCUT2D eigenvalue weighted by atomic mass is 16.6. The van der Waals surface area contributed by atoms with Crippen LogP contribution in [0.5, 0.6) is 0 Å². The molecular weight excluding hydrogens is 220 g/mol. The van der Waals surface area contributed by atoms with E-state index in [-0.39, 0.29) is 5.69 Å². The van der Waals surface area contributed by atoms with Crippen molar-refractivity contribution in [1.82, 2.24) is 9.78 Å². The highest BCUT2D eigenvalue weighted by Gasteiger charge is 2.10. The molecule has 1 heterocycles. The van der Waals surface area contributed by atoms with Gasteiger partial charge in [0, 0.05) is 12.1 Å². The van der Waals surface area contributed by atoms with Gasteiger partial charge in [0.2, 0.25) is 0 Å². The number of hydrogen-bond donors (Lipinski definition) is 1. The lowest BCUT2D eigenvalue weighted by molar-refractivity contribution is -0.384. The molecule has 0 atom stereocenters. The monoisotopic (exact) mass is 232 g/mol. The van der Waals surface area contributed by atoms with Gasteiger partial charge in [0.25, 0.3) is 5.69 Å². The second-order valence-electron chi connectivity index (χ2n) is 3.59. The molecule has 0 saturated carbocycles. The molecule has 0 aliphatic heterocycles. The maximum atomic E-state index is 10.5. The Labute approximate surface area is 97.8 Å². The minimum atomic E-state index is -0.429. The minimum absolute atomic E-state index is 0.0620. The SMILES string of the molecule is CCc1c(N)cnn1-c1ccc([N+](=O)[O-])cc1. The van der Waals surface area contributed by atoms with Crippen LogP contribution in [-0.4, -0.2) is 14.7 Å². The highest BCUT2D eigenvalue weighted by Crippen LogP contribution is 2.19. The molecule has 0 spiro atoms. The van der Waals surface area contributed by atoms with Crippen LogP contribution in [0.25, 0.3) is 5.69 Å². The lowest BCUT2D eigenvalue weighted by Gasteiger charge is -2.05. The van der Waals surface area contributed by atoms with Crippen LogP contribution < -0.4 is 5.73 Å². The van der Waals surface area contributed by atoms with Gasteiger partial charge in [-0.1, -0.05) is 6.92 Å². The number of benzene rings is 1.